The third-order valence-corrected chi connectivity index (χ3v) is 4.42. The Labute approximate surface area is 165 Å². The SMILES string of the molecule is CC(C)n1ccc(-c2nnc(NC(=O)c3cccc(N4C(=O)CCC4=O)c3)o2)n1. The van der Waals surface area contributed by atoms with Crippen molar-refractivity contribution < 1.29 is 18.8 Å². The summed E-state index contributed by atoms with van der Waals surface area (Å²) in [7, 11) is 0. The first kappa shape index (κ1) is 18.5. The lowest BCUT2D eigenvalue weighted by Crippen LogP contribution is -2.28. The summed E-state index contributed by atoms with van der Waals surface area (Å²) in [6.45, 7) is 3.99. The largest absolute Gasteiger partial charge is 0.401 e. The molecule has 2 aromatic heterocycles. The van der Waals surface area contributed by atoms with Gasteiger partial charge in [-0.3, -0.25) is 29.3 Å². The molecule has 0 aliphatic carbocycles. The van der Waals surface area contributed by atoms with Crippen LogP contribution in [0.1, 0.15) is 43.1 Å². The minimum atomic E-state index is -0.506. The van der Waals surface area contributed by atoms with E-state index in [0.29, 0.717) is 11.4 Å². The van der Waals surface area contributed by atoms with Crippen LogP contribution in [0.4, 0.5) is 11.7 Å². The highest BCUT2D eigenvalue weighted by Gasteiger charge is 2.30. The molecule has 1 aliphatic rings. The van der Waals surface area contributed by atoms with Crippen LogP contribution < -0.4 is 10.2 Å². The topological polar surface area (TPSA) is 123 Å². The van der Waals surface area contributed by atoms with Crippen LogP contribution >= 0.6 is 0 Å². The van der Waals surface area contributed by atoms with Crippen molar-refractivity contribution in [2.45, 2.75) is 32.7 Å². The molecular weight excluding hydrogens is 376 g/mol. The molecule has 0 bridgehead atoms. The Hall–Kier alpha value is -3.82. The Balaban J connectivity index is 1.50. The highest BCUT2D eigenvalue weighted by Crippen LogP contribution is 2.24. The Morgan fingerprint density at radius 2 is 1.90 bits per heavy atom. The van der Waals surface area contributed by atoms with Crippen molar-refractivity contribution in [1.29, 1.82) is 0 Å². The second-order valence-corrected chi connectivity index (χ2v) is 6.81. The van der Waals surface area contributed by atoms with Gasteiger partial charge < -0.3 is 4.42 Å². The molecule has 1 saturated heterocycles. The molecule has 0 radical (unpaired) electrons. The number of amides is 3. The van der Waals surface area contributed by atoms with Crippen molar-refractivity contribution >= 4 is 29.4 Å². The molecule has 1 N–H and O–H groups in total. The van der Waals surface area contributed by atoms with Crippen LogP contribution in [0, 0.1) is 0 Å². The summed E-state index contributed by atoms with van der Waals surface area (Å²) in [6.07, 6.45) is 2.15. The van der Waals surface area contributed by atoms with Crippen LogP contribution in [-0.2, 0) is 9.59 Å². The zero-order chi connectivity index (χ0) is 20.5. The number of benzene rings is 1. The van der Waals surface area contributed by atoms with E-state index in [1.807, 2.05) is 13.8 Å². The summed E-state index contributed by atoms with van der Waals surface area (Å²) in [5.74, 6) is -0.888. The molecule has 4 rings (SSSR count). The van der Waals surface area contributed by atoms with E-state index in [1.165, 1.54) is 6.07 Å². The minimum Gasteiger partial charge on any atom is -0.401 e. The molecule has 0 unspecified atom stereocenters. The molecule has 1 aliphatic heterocycles. The van der Waals surface area contributed by atoms with Crippen LogP contribution in [0.25, 0.3) is 11.6 Å². The molecule has 0 saturated carbocycles. The fraction of sp³-hybridized carbons (Fsp3) is 0.263. The third kappa shape index (κ3) is 3.64. The highest BCUT2D eigenvalue weighted by molar-refractivity contribution is 6.20. The number of carbonyl (C=O) groups excluding carboxylic acids is 3. The van der Waals surface area contributed by atoms with Gasteiger partial charge in [-0.2, -0.15) is 5.10 Å². The number of nitrogens with one attached hydrogen (secondary N) is 1. The van der Waals surface area contributed by atoms with Crippen molar-refractivity contribution in [3.8, 4) is 11.6 Å². The van der Waals surface area contributed by atoms with Gasteiger partial charge in [0, 0.05) is 30.6 Å². The van der Waals surface area contributed by atoms with Crippen molar-refractivity contribution in [3.63, 3.8) is 0 Å². The lowest BCUT2D eigenvalue weighted by Gasteiger charge is -2.14. The van der Waals surface area contributed by atoms with E-state index in [1.54, 1.807) is 35.1 Å². The van der Waals surface area contributed by atoms with Crippen LogP contribution in [-0.4, -0.2) is 37.7 Å². The molecule has 0 atom stereocenters. The predicted molar refractivity (Wildman–Crippen MR) is 102 cm³/mol. The van der Waals surface area contributed by atoms with Gasteiger partial charge in [0.2, 0.25) is 11.8 Å². The number of nitrogens with zero attached hydrogens (tertiary/aromatic N) is 5. The van der Waals surface area contributed by atoms with E-state index < -0.39 is 5.91 Å². The molecular formula is C19H18N6O4. The van der Waals surface area contributed by atoms with E-state index >= 15 is 0 Å². The normalized spacial score (nSPS) is 14.1. The molecule has 3 amide bonds. The number of hydrogen-bond acceptors (Lipinski definition) is 7. The fourth-order valence-electron chi connectivity index (χ4n) is 2.94. The molecule has 3 aromatic rings. The van der Waals surface area contributed by atoms with E-state index in [4.69, 9.17) is 4.42 Å². The second-order valence-electron chi connectivity index (χ2n) is 6.81. The number of carbonyl (C=O) groups is 3. The molecule has 0 spiro atoms. The Bertz CT molecular complexity index is 1080. The molecule has 148 valence electrons. The molecule has 29 heavy (non-hydrogen) atoms. The van der Waals surface area contributed by atoms with E-state index in [2.05, 4.69) is 20.6 Å². The maximum absolute atomic E-state index is 12.5. The lowest BCUT2D eigenvalue weighted by atomic mass is 10.2. The Morgan fingerprint density at radius 3 is 2.59 bits per heavy atom. The third-order valence-electron chi connectivity index (χ3n) is 4.42. The number of imide groups is 1. The smallest absolute Gasteiger partial charge is 0.322 e. The van der Waals surface area contributed by atoms with Gasteiger partial charge in [0.15, 0.2) is 0 Å². The maximum atomic E-state index is 12.5. The average molecular weight is 394 g/mol. The van der Waals surface area contributed by atoms with Crippen molar-refractivity contribution in [1.82, 2.24) is 20.0 Å². The lowest BCUT2D eigenvalue weighted by molar-refractivity contribution is -0.121. The highest BCUT2D eigenvalue weighted by atomic mass is 16.4. The van der Waals surface area contributed by atoms with Gasteiger partial charge >= 0.3 is 6.01 Å². The van der Waals surface area contributed by atoms with Gasteiger partial charge in [-0.1, -0.05) is 11.2 Å². The standard InChI is InChI=1S/C19H18N6O4/c1-11(2)24-9-8-14(23-24)18-21-22-19(29-18)20-17(28)12-4-3-5-13(10-12)25-15(26)6-7-16(25)27/h3-5,8-11H,6-7H2,1-2H3,(H,20,22,28). The summed E-state index contributed by atoms with van der Waals surface area (Å²) < 4.78 is 7.22. The van der Waals surface area contributed by atoms with Crippen LogP contribution in [0.3, 0.4) is 0 Å². The van der Waals surface area contributed by atoms with Gasteiger partial charge in [0.05, 0.1) is 5.69 Å². The zero-order valence-corrected chi connectivity index (χ0v) is 15.8. The summed E-state index contributed by atoms with van der Waals surface area (Å²) >= 11 is 0. The molecule has 10 heteroatoms. The van der Waals surface area contributed by atoms with E-state index in [-0.39, 0.29) is 48.2 Å². The van der Waals surface area contributed by atoms with Crippen LogP contribution in [0.2, 0.25) is 0 Å². The summed E-state index contributed by atoms with van der Waals surface area (Å²) in [5.41, 5.74) is 1.11. The Morgan fingerprint density at radius 1 is 1.14 bits per heavy atom. The predicted octanol–water partition coefficient (Wildman–Crippen LogP) is 2.42. The average Bonchev–Trinajstić information content (AvgIpc) is 3.42. The molecule has 3 heterocycles. The zero-order valence-electron chi connectivity index (χ0n) is 15.8. The summed E-state index contributed by atoms with van der Waals surface area (Å²) in [4.78, 5) is 37.4. The molecule has 10 nitrogen and oxygen atoms in total. The number of aromatic nitrogens is 4. The van der Waals surface area contributed by atoms with Gasteiger partial charge in [0.1, 0.15) is 5.69 Å². The molecule has 1 fully saturated rings. The van der Waals surface area contributed by atoms with Crippen molar-refractivity contribution in [2.75, 3.05) is 10.2 Å². The number of rotatable bonds is 5. The van der Waals surface area contributed by atoms with Crippen LogP contribution in [0.5, 0.6) is 0 Å². The number of anilines is 2. The fourth-order valence-corrected chi connectivity index (χ4v) is 2.94. The van der Waals surface area contributed by atoms with Gasteiger partial charge in [0.25, 0.3) is 11.8 Å². The summed E-state index contributed by atoms with van der Waals surface area (Å²) in [5, 5.41) is 14.6. The van der Waals surface area contributed by atoms with Crippen LogP contribution in [0.15, 0.2) is 40.9 Å². The second kappa shape index (κ2) is 7.30. The first-order valence-corrected chi connectivity index (χ1v) is 9.08. The van der Waals surface area contributed by atoms with Crippen molar-refractivity contribution in [3.05, 3.63) is 42.1 Å². The van der Waals surface area contributed by atoms with E-state index in [0.717, 1.165) is 4.90 Å². The minimum absolute atomic E-state index is 0.0807. The van der Waals surface area contributed by atoms with Gasteiger partial charge in [-0.05, 0) is 38.1 Å². The maximum Gasteiger partial charge on any atom is 0.322 e. The summed E-state index contributed by atoms with van der Waals surface area (Å²) in [6, 6.07) is 8.08. The first-order chi connectivity index (χ1) is 13.9. The Kier molecular flexibility index (Phi) is 4.67. The number of hydrogen-bond donors (Lipinski definition) is 1. The quantitative estimate of drug-likeness (QED) is 0.659. The molecule has 1 aromatic carbocycles. The van der Waals surface area contributed by atoms with Gasteiger partial charge in [-0.15, -0.1) is 5.10 Å². The van der Waals surface area contributed by atoms with Gasteiger partial charge in [-0.25, -0.2) is 0 Å². The van der Waals surface area contributed by atoms with E-state index in [9.17, 15) is 14.4 Å². The first-order valence-electron chi connectivity index (χ1n) is 9.08. The monoisotopic (exact) mass is 394 g/mol. The van der Waals surface area contributed by atoms with Crippen molar-refractivity contribution in [2.24, 2.45) is 0 Å².